The summed E-state index contributed by atoms with van der Waals surface area (Å²) in [7, 11) is 0. The van der Waals surface area contributed by atoms with Gasteiger partial charge in [-0.1, -0.05) is 20.8 Å². The molecule has 1 amide bonds. The zero-order valence-electron chi connectivity index (χ0n) is 9.49. The van der Waals surface area contributed by atoms with E-state index in [2.05, 4.69) is 26.2 Å². The van der Waals surface area contributed by atoms with E-state index in [0.29, 0.717) is 0 Å². The zero-order chi connectivity index (χ0) is 12.3. The molecule has 1 heterocycles. The molecule has 0 aliphatic carbocycles. The van der Waals surface area contributed by atoms with Gasteiger partial charge < -0.3 is 10.4 Å². The second-order valence-corrected chi connectivity index (χ2v) is 5.57. The molecule has 5 heteroatoms. The molecule has 2 N–H and O–H groups in total. The fourth-order valence-corrected chi connectivity index (χ4v) is 1.65. The fourth-order valence-electron chi connectivity index (χ4n) is 1.42. The second-order valence-electron chi connectivity index (χ2n) is 4.65. The molecule has 0 saturated heterocycles. The van der Waals surface area contributed by atoms with Crippen LogP contribution in [0.5, 0.6) is 0 Å². The normalized spacial score (nSPS) is 13.2. The number of amides is 1. The highest BCUT2D eigenvalue weighted by Gasteiger charge is 2.28. The largest absolute Gasteiger partial charge is 0.465 e. The van der Waals surface area contributed by atoms with Crippen molar-refractivity contribution in [2.24, 2.45) is 5.41 Å². The van der Waals surface area contributed by atoms with Crippen LogP contribution < -0.4 is 5.32 Å². The van der Waals surface area contributed by atoms with Gasteiger partial charge in [-0.2, -0.15) is 0 Å². The average molecular weight is 287 g/mol. The summed E-state index contributed by atoms with van der Waals surface area (Å²) in [5.74, 6) is 0. The lowest BCUT2D eigenvalue weighted by Gasteiger charge is -2.29. The van der Waals surface area contributed by atoms with Crippen molar-refractivity contribution in [3.05, 3.63) is 28.5 Å². The van der Waals surface area contributed by atoms with Crippen molar-refractivity contribution in [2.45, 2.75) is 26.8 Å². The highest BCUT2D eigenvalue weighted by molar-refractivity contribution is 9.10. The third kappa shape index (κ3) is 3.48. The maximum atomic E-state index is 10.7. The number of aromatic nitrogens is 1. The van der Waals surface area contributed by atoms with Crippen LogP contribution in [0.3, 0.4) is 0 Å². The minimum atomic E-state index is -1.04. The molecule has 0 radical (unpaired) electrons. The highest BCUT2D eigenvalue weighted by Crippen LogP contribution is 2.31. The van der Waals surface area contributed by atoms with Crippen molar-refractivity contribution in [1.82, 2.24) is 10.3 Å². The van der Waals surface area contributed by atoms with E-state index >= 15 is 0 Å². The van der Waals surface area contributed by atoms with Crippen LogP contribution in [0.2, 0.25) is 0 Å². The lowest BCUT2D eigenvalue weighted by molar-refractivity contribution is 0.174. The molecule has 0 aromatic carbocycles. The van der Waals surface area contributed by atoms with Crippen LogP contribution in [0.25, 0.3) is 0 Å². The van der Waals surface area contributed by atoms with Gasteiger partial charge in [-0.25, -0.2) is 4.79 Å². The molecule has 0 aliphatic rings. The van der Waals surface area contributed by atoms with Gasteiger partial charge in [-0.3, -0.25) is 4.98 Å². The van der Waals surface area contributed by atoms with Crippen LogP contribution in [0.4, 0.5) is 4.79 Å². The predicted molar refractivity (Wildman–Crippen MR) is 65.3 cm³/mol. The predicted octanol–water partition coefficient (Wildman–Crippen LogP) is 3.20. The zero-order valence-corrected chi connectivity index (χ0v) is 11.1. The SMILES string of the molecule is CC(C)(C)C(NC(=O)O)c1ccc(Br)cn1. The molecule has 1 aromatic heterocycles. The lowest BCUT2D eigenvalue weighted by Crippen LogP contribution is -2.36. The number of hydrogen-bond donors (Lipinski definition) is 2. The summed E-state index contributed by atoms with van der Waals surface area (Å²) in [5.41, 5.74) is 0.497. The average Bonchev–Trinajstić information content (AvgIpc) is 2.14. The van der Waals surface area contributed by atoms with Crippen LogP contribution in [-0.4, -0.2) is 16.2 Å². The van der Waals surface area contributed by atoms with E-state index in [1.807, 2.05) is 32.9 Å². The summed E-state index contributed by atoms with van der Waals surface area (Å²) in [6, 6.07) is 3.35. The Hall–Kier alpha value is -1.10. The van der Waals surface area contributed by atoms with Gasteiger partial charge >= 0.3 is 6.09 Å². The molecule has 1 atom stereocenters. The monoisotopic (exact) mass is 286 g/mol. The first-order valence-electron chi connectivity index (χ1n) is 4.91. The molecule has 0 aliphatic heterocycles. The van der Waals surface area contributed by atoms with E-state index < -0.39 is 6.09 Å². The van der Waals surface area contributed by atoms with Gasteiger partial charge in [0.15, 0.2) is 0 Å². The number of nitrogens with one attached hydrogen (secondary N) is 1. The smallest absolute Gasteiger partial charge is 0.405 e. The van der Waals surface area contributed by atoms with Gasteiger partial charge in [-0.15, -0.1) is 0 Å². The number of nitrogens with zero attached hydrogens (tertiary/aromatic N) is 1. The van der Waals surface area contributed by atoms with Crippen molar-refractivity contribution in [1.29, 1.82) is 0 Å². The summed E-state index contributed by atoms with van der Waals surface area (Å²) >= 11 is 3.30. The number of hydrogen-bond acceptors (Lipinski definition) is 2. The van der Waals surface area contributed by atoms with Crippen LogP contribution in [0.1, 0.15) is 32.5 Å². The molecule has 88 valence electrons. The van der Waals surface area contributed by atoms with E-state index in [1.54, 1.807) is 6.20 Å². The van der Waals surface area contributed by atoms with E-state index in [0.717, 1.165) is 10.2 Å². The van der Waals surface area contributed by atoms with Crippen molar-refractivity contribution >= 4 is 22.0 Å². The summed E-state index contributed by atoms with van der Waals surface area (Å²) in [6.45, 7) is 5.91. The Labute approximate surface area is 103 Å². The van der Waals surface area contributed by atoms with Crippen LogP contribution in [0, 0.1) is 5.41 Å². The highest BCUT2D eigenvalue weighted by atomic mass is 79.9. The minimum Gasteiger partial charge on any atom is -0.465 e. The van der Waals surface area contributed by atoms with Gasteiger partial charge in [0.05, 0.1) is 11.7 Å². The van der Waals surface area contributed by atoms with E-state index in [4.69, 9.17) is 5.11 Å². The number of pyridine rings is 1. The fraction of sp³-hybridized carbons (Fsp3) is 0.455. The third-order valence-electron chi connectivity index (χ3n) is 2.18. The Morgan fingerprint density at radius 1 is 1.50 bits per heavy atom. The number of carbonyl (C=O) groups is 1. The molecule has 0 saturated carbocycles. The molecule has 1 aromatic rings. The van der Waals surface area contributed by atoms with Gasteiger partial charge in [0, 0.05) is 10.7 Å². The number of carboxylic acid groups (broad SMARTS) is 1. The Morgan fingerprint density at radius 3 is 2.50 bits per heavy atom. The molecular formula is C11H15BrN2O2. The molecule has 4 nitrogen and oxygen atoms in total. The molecule has 16 heavy (non-hydrogen) atoms. The van der Waals surface area contributed by atoms with Gasteiger partial charge in [-0.05, 0) is 33.5 Å². The Morgan fingerprint density at radius 2 is 2.12 bits per heavy atom. The molecule has 0 spiro atoms. The van der Waals surface area contributed by atoms with E-state index in [1.165, 1.54) is 0 Å². The van der Waals surface area contributed by atoms with E-state index in [-0.39, 0.29) is 11.5 Å². The molecule has 1 rings (SSSR count). The Kier molecular flexibility index (Phi) is 3.91. The van der Waals surface area contributed by atoms with Crippen LogP contribution >= 0.6 is 15.9 Å². The standard InChI is InChI=1S/C11H15BrN2O2/c1-11(2,3)9(14-10(15)16)8-5-4-7(12)6-13-8/h4-6,9,14H,1-3H3,(H,15,16). The van der Waals surface area contributed by atoms with E-state index in [9.17, 15) is 4.79 Å². The molecular weight excluding hydrogens is 272 g/mol. The summed E-state index contributed by atoms with van der Waals surface area (Å²) in [6.07, 6.45) is 0.627. The lowest BCUT2D eigenvalue weighted by atomic mass is 9.84. The molecule has 0 fully saturated rings. The Bertz CT molecular complexity index is 371. The third-order valence-corrected chi connectivity index (χ3v) is 2.65. The van der Waals surface area contributed by atoms with Crippen LogP contribution in [0.15, 0.2) is 22.8 Å². The first-order valence-corrected chi connectivity index (χ1v) is 5.71. The van der Waals surface area contributed by atoms with Gasteiger partial charge in [0.25, 0.3) is 0 Å². The Balaban J connectivity index is 3.01. The number of rotatable bonds is 2. The maximum absolute atomic E-state index is 10.7. The van der Waals surface area contributed by atoms with Crippen molar-refractivity contribution < 1.29 is 9.90 Å². The molecule has 0 bridgehead atoms. The minimum absolute atomic E-state index is 0.223. The number of halogens is 1. The van der Waals surface area contributed by atoms with Crippen molar-refractivity contribution in [3.8, 4) is 0 Å². The second kappa shape index (κ2) is 4.82. The first-order chi connectivity index (χ1) is 7.30. The van der Waals surface area contributed by atoms with Crippen molar-refractivity contribution in [3.63, 3.8) is 0 Å². The maximum Gasteiger partial charge on any atom is 0.405 e. The first kappa shape index (κ1) is 13.0. The summed E-state index contributed by atoms with van der Waals surface area (Å²) < 4.78 is 0.874. The van der Waals surface area contributed by atoms with Crippen molar-refractivity contribution in [2.75, 3.05) is 0 Å². The van der Waals surface area contributed by atoms with Gasteiger partial charge in [0.1, 0.15) is 0 Å². The summed E-state index contributed by atoms with van der Waals surface area (Å²) in [5, 5.41) is 11.3. The van der Waals surface area contributed by atoms with Gasteiger partial charge in [0.2, 0.25) is 0 Å². The topological polar surface area (TPSA) is 62.2 Å². The quantitative estimate of drug-likeness (QED) is 0.878. The van der Waals surface area contributed by atoms with Crippen LogP contribution in [-0.2, 0) is 0 Å². The summed E-state index contributed by atoms with van der Waals surface area (Å²) in [4.78, 5) is 15.0. The molecule has 1 unspecified atom stereocenters.